The van der Waals surface area contributed by atoms with Crippen LogP contribution in [0.5, 0.6) is 11.5 Å². The van der Waals surface area contributed by atoms with E-state index < -0.39 is 11.0 Å². The molecule has 0 radical (unpaired) electrons. The van der Waals surface area contributed by atoms with E-state index in [-0.39, 0.29) is 29.8 Å². The smallest absolute Gasteiger partial charge is 0.227 e. The highest BCUT2D eigenvalue weighted by molar-refractivity contribution is 7.17. The molecule has 0 unspecified atom stereocenters. The largest absolute Gasteiger partial charge is 0.504 e. The van der Waals surface area contributed by atoms with Crippen molar-refractivity contribution >= 4 is 27.3 Å². The van der Waals surface area contributed by atoms with Crippen LogP contribution in [0.25, 0.3) is 10.1 Å². The highest BCUT2D eigenvalue weighted by Gasteiger charge is 2.73. The number of likely N-dealkylation sites (tertiary alicyclic amines) is 1. The minimum absolute atomic E-state index is 0.0455. The monoisotopic (exact) mass is 530 g/mol. The lowest BCUT2D eigenvalue weighted by atomic mass is 9.48. The van der Waals surface area contributed by atoms with Crippen LogP contribution in [0.4, 0.5) is 0 Å². The molecule has 2 aromatic carbocycles. The van der Waals surface area contributed by atoms with Gasteiger partial charge in [0, 0.05) is 29.9 Å². The highest BCUT2D eigenvalue weighted by atomic mass is 32.1. The number of likely N-dealkylation sites (N-methyl/N-ethyl adjacent to an activating group) is 1. The van der Waals surface area contributed by atoms with E-state index >= 15 is 0 Å². The molecule has 2 N–H and O–H groups in total. The summed E-state index contributed by atoms with van der Waals surface area (Å²) in [6.07, 6.45) is 5.44. The van der Waals surface area contributed by atoms with Crippen molar-refractivity contribution < 1.29 is 19.7 Å². The van der Waals surface area contributed by atoms with Gasteiger partial charge < -0.3 is 19.8 Å². The second-order valence-corrected chi connectivity index (χ2v) is 13.3. The van der Waals surface area contributed by atoms with E-state index in [2.05, 4.69) is 22.4 Å². The van der Waals surface area contributed by atoms with E-state index in [0.29, 0.717) is 25.0 Å². The Morgan fingerprint density at radius 2 is 2.05 bits per heavy atom. The first-order valence-electron chi connectivity index (χ1n) is 14.1. The number of amides is 1. The van der Waals surface area contributed by atoms with Crippen molar-refractivity contribution in [3.05, 3.63) is 58.5 Å². The third kappa shape index (κ3) is 2.98. The lowest BCUT2D eigenvalue weighted by Crippen LogP contribution is -2.78. The average molecular weight is 531 g/mol. The molecule has 1 saturated heterocycles. The summed E-state index contributed by atoms with van der Waals surface area (Å²) in [7, 11) is 1.90. The van der Waals surface area contributed by atoms with Gasteiger partial charge in [0.05, 0.1) is 23.5 Å². The lowest BCUT2D eigenvalue weighted by Gasteiger charge is -2.64. The SMILES string of the molecule is CN(C(=O)Cc1cccc2sccc12)[C@H]1CC[C@@]2(O)[C@@H]3Cc4ccc(O)c5c4[C@@]2(CCN3CC2CC2)[C@H]1O5. The second-order valence-electron chi connectivity index (χ2n) is 12.3. The third-order valence-electron chi connectivity index (χ3n) is 10.6. The van der Waals surface area contributed by atoms with Crippen LogP contribution < -0.4 is 4.74 Å². The number of thiophene rings is 1. The van der Waals surface area contributed by atoms with Gasteiger partial charge in [0.25, 0.3) is 0 Å². The van der Waals surface area contributed by atoms with Crippen molar-refractivity contribution in [2.75, 3.05) is 20.1 Å². The molecule has 198 valence electrons. The molecular weight excluding hydrogens is 496 g/mol. The van der Waals surface area contributed by atoms with Crippen LogP contribution >= 0.6 is 11.3 Å². The molecule has 3 heterocycles. The first-order chi connectivity index (χ1) is 18.4. The number of phenols is 1. The molecule has 5 atom stereocenters. The highest BCUT2D eigenvalue weighted by Crippen LogP contribution is 2.66. The fourth-order valence-corrected chi connectivity index (χ4v) is 9.37. The fourth-order valence-electron chi connectivity index (χ4n) is 8.54. The van der Waals surface area contributed by atoms with Gasteiger partial charge >= 0.3 is 0 Å². The summed E-state index contributed by atoms with van der Waals surface area (Å²) in [6.45, 7) is 1.98. The number of hydrogen-bond acceptors (Lipinski definition) is 6. The van der Waals surface area contributed by atoms with Gasteiger partial charge in [-0.3, -0.25) is 9.69 Å². The molecule has 5 aliphatic rings. The molecule has 1 amide bonds. The summed E-state index contributed by atoms with van der Waals surface area (Å²) in [5.41, 5.74) is 1.71. The van der Waals surface area contributed by atoms with Crippen LogP contribution in [-0.4, -0.2) is 69.8 Å². The van der Waals surface area contributed by atoms with Crippen LogP contribution in [0.3, 0.4) is 0 Å². The van der Waals surface area contributed by atoms with Gasteiger partial charge in [-0.25, -0.2) is 0 Å². The van der Waals surface area contributed by atoms with E-state index in [4.69, 9.17) is 4.74 Å². The van der Waals surface area contributed by atoms with Crippen molar-refractivity contribution in [1.82, 2.24) is 9.80 Å². The number of fused-ring (bicyclic) bond motifs is 1. The number of benzene rings is 2. The maximum absolute atomic E-state index is 13.8. The van der Waals surface area contributed by atoms with E-state index in [1.54, 1.807) is 17.4 Å². The number of carbonyl (C=O) groups excluding carboxylic acids is 1. The predicted octanol–water partition coefficient (Wildman–Crippen LogP) is 4.24. The number of aromatic hydroxyl groups is 1. The molecule has 2 saturated carbocycles. The van der Waals surface area contributed by atoms with Gasteiger partial charge in [0.2, 0.25) is 5.91 Å². The Morgan fingerprint density at radius 3 is 2.89 bits per heavy atom. The van der Waals surface area contributed by atoms with Crippen LogP contribution in [-0.2, 0) is 23.1 Å². The summed E-state index contributed by atoms with van der Waals surface area (Å²) in [5, 5.41) is 26.8. The van der Waals surface area contributed by atoms with E-state index in [1.807, 2.05) is 30.1 Å². The molecule has 8 rings (SSSR count). The minimum Gasteiger partial charge on any atom is -0.504 e. The number of nitrogens with zero attached hydrogens (tertiary/aromatic N) is 2. The van der Waals surface area contributed by atoms with Crippen LogP contribution in [0, 0.1) is 5.92 Å². The Kier molecular flexibility index (Phi) is 4.88. The van der Waals surface area contributed by atoms with Crippen LogP contribution in [0.2, 0.25) is 0 Å². The number of rotatable bonds is 5. The molecular formula is C31H34N2O4S. The molecule has 7 heteroatoms. The first-order valence-corrected chi connectivity index (χ1v) is 15.0. The Bertz CT molecular complexity index is 1470. The maximum atomic E-state index is 13.8. The van der Waals surface area contributed by atoms with Gasteiger partial charge in [-0.05, 0) is 91.1 Å². The Balaban J connectivity index is 1.17. The average Bonchev–Trinajstić information content (AvgIpc) is 3.45. The minimum atomic E-state index is -0.931. The maximum Gasteiger partial charge on any atom is 0.227 e. The predicted molar refractivity (Wildman–Crippen MR) is 147 cm³/mol. The summed E-state index contributed by atoms with van der Waals surface area (Å²) in [4.78, 5) is 18.2. The third-order valence-corrected chi connectivity index (χ3v) is 11.4. The molecule has 2 aliphatic heterocycles. The van der Waals surface area contributed by atoms with Crippen molar-refractivity contribution in [1.29, 1.82) is 0 Å². The Morgan fingerprint density at radius 1 is 1.18 bits per heavy atom. The number of aliphatic hydroxyl groups is 1. The fraction of sp³-hybridized carbons (Fsp3) is 0.516. The number of ether oxygens (including phenoxy) is 1. The number of hydrogen-bond donors (Lipinski definition) is 2. The Hall–Kier alpha value is -2.61. The van der Waals surface area contributed by atoms with Crippen molar-refractivity contribution in [3.63, 3.8) is 0 Å². The molecule has 3 aliphatic carbocycles. The molecule has 1 spiro atoms. The number of phenolic OH excluding ortho intramolecular Hbond substituents is 1. The normalized spacial score (nSPS) is 33.2. The standard InChI is InChI=1S/C31H34N2O4S/c1-32(26(35)16-19-3-2-4-24-21(19)10-14-38-24)22-9-11-31(36)25-15-20-7-8-23(34)28-27(20)30(31,29(22)37-28)12-13-33(25)17-18-5-6-18/h2-4,7-8,10,14,18,22,25,29,34,36H,5-6,9,11-13,15-17H2,1H3/t22-,25-,29-,30-,31+/m0/s1. The summed E-state index contributed by atoms with van der Waals surface area (Å²) < 4.78 is 7.87. The lowest BCUT2D eigenvalue weighted by molar-refractivity contribution is -0.200. The van der Waals surface area contributed by atoms with E-state index in [9.17, 15) is 15.0 Å². The number of carbonyl (C=O) groups is 1. The molecule has 2 bridgehead atoms. The van der Waals surface area contributed by atoms with Gasteiger partial charge in [-0.15, -0.1) is 11.3 Å². The van der Waals surface area contributed by atoms with Crippen LogP contribution in [0.15, 0.2) is 41.8 Å². The topological polar surface area (TPSA) is 73.2 Å². The molecule has 1 aromatic heterocycles. The zero-order chi connectivity index (χ0) is 25.8. The molecule has 6 nitrogen and oxygen atoms in total. The summed E-state index contributed by atoms with van der Waals surface area (Å²) in [6, 6.07) is 11.9. The number of piperidine rings is 1. The molecule has 3 fully saturated rings. The van der Waals surface area contributed by atoms with Gasteiger partial charge in [-0.1, -0.05) is 18.2 Å². The van der Waals surface area contributed by atoms with Crippen molar-refractivity contribution in [2.45, 2.75) is 74.1 Å². The molecule has 3 aromatic rings. The van der Waals surface area contributed by atoms with Crippen molar-refractivity contribution in [3.8, 4) is 11.5 Å². The molecule has 38 heavy (non-hydrogen) atoms. The summed E-state index contributed by atoms with van der Waals surface area (Å²) >= 11 is 1.70. The van der Waals surface area contributed by atoms with Crippen molar-refractivity contribution in [2.24, 2.45) is 5.92 Å². The quantitative estimate of drug-likeness (QED) is 0.516. The second kappa shape index (κ2) is 7.96. The zero-order valence-corrected chi connectivity index (χ0v) is 22.5. The van der Waals surface area contributed by atoms with E-state index in [0.717, 1.165) is 48.4 Å². The zero-order valence-electron chi connectivity index (χ0n) is 21.7. The first kappa shape index (κ1) is 23.3. The summed E-state index contributed by atoms with van der Waals surface area (Å²) in [5.74, 6) is 1.51. The van der Waals surface area contributed by atoms with Crippen LogP contribution in [0.1, 0.15) is 48.8 Å². The Labute approximate surface area is 226 Å². The van der Waals surface area contributed by atoms with E-state index in [1.165, 1.54) is 23.1 Å². The van der Waals surface area contributed by atoms with Gasteiger partial charge in [0.15, 0.2) is 11.5 Å². The van der Waals surface area contributed by atoms with Gasteiger partial charge in [-0.2, -0.15) is 0 Å². The van der Waals surface area contributed by atoms with Gasteiger partial charge in [0.1, 0.15) is 6.10 Å².